The van der Waals surface area contributed by atoms with Gasteiger partial charge in [0, 0.05) is 0 Å². The molecule has 2 aliphatic heterocycles. The number of esters is 2. The first kappa shape index (κ1) is 37.1. The molecule has 4 fully saturated rings. The Morgan fingerprint density at radius 2 is 1.38 bits per heavy atom. The molecule has 228 valence electrons. The van der Waals surface area contributed by atoms with Crippen LogP contribution >= 0.6 is 0 Å². The lowest BCUT2D eigenvalue weighted by molar-refractivity contribution is -0.160. The lowest BCUT2D eigenvalue weighted by Gasteiger charge is -2.31. The number of hydrogen-bond donors (Lipinski definition) is 1. The van der Waals surface area contributed by atoms with Crippen LogP contribution in [0.4, 0.5) is 0 Å². The summed E-state index contributed by atoms with van der Waals surface area (Å²) in [5, 5.41) is 9.00. The Balaban J connectivity index is 0.000000535. The van der Waals surface area contributed by atoms with E-state index in [1.165, 1.54) is 18.4 Å². The maximum Gasteiger partial charge on any atom is 0.314 e. The topological polar surface area (TPSA) is 89.9 Å². The maximum absolute atomic E-state index is 11.4. The van der Waals surface area contributed by atoms with E-state index in [1.54, 1.807) is 6.26 Å². The number of fused-ring (bicyclic) bond motifs is 2. The first-order valence-corrected chi connectivity index (χ1v) is 14.2. The summed E-state index contributed by atoms with van der Waals surface area (Å²) in [5.74, 6) is 3.71. The molecule has 0 aromatic heterocycles. The summed E-state index contributed by atoms with van der Waals surface area (Å²) in [6, 6.07) is 0. The van der Waals surface area contributed by atoms with Crippen LogP contribution in [0.2, 0.25) is 0 Å². The highest BCUT2D eigenvalue weighted by Crippen LogP contribution is 2.45. The van der Waals surface area contributed by atoms with Gasteiger partial charge in [0.2, 0.25) is 0 Å². The lowest BCUT2D eigenvalue weighted by atomic mass is 9.81. The Labute approximate surface area is 239 Å². The summed E-state index contributed by atoms with van der Waals surface area (Å²) >= 11 is 0. The Bertz CT molecular complexity index is 818. The normalized spacial score (nSPS) is 37.9. The summed E-state index contributed by atoms with van der Waals surface area (Å²) in [5.41, 5.74) is 1.24. The van der Waals surface area contributed by atoms with Crippen LogP contribution in [-0.2, 0) is 23.9 Å². The van der Waals surface area contributed by atoms with Crippen molar-refractivity contribution in [3.8, 4) is 0 Å². The van der Waals surface area contributed by atoms with Crippen LogP contribution in [0.25, 0.3) is 0 Å². The smallest absolute Gasteiger partial charge is 0.314 e. The number of carbonyl (C=O) groups excluding carboxylic acids is 2. The number of allylic oxidation sites excluding steroid dienone is 1. The second-order valence-corrected chi connectivity index (χ2v) is 12.7. The van der Waals surface area contributed by atoms with Gasteiger partial charge in [-0.05, 0) is 98.4 Å². The van der Waals surface area contributed by atoms with Gasteiger partial charge < -0.3 is 14.6 Å². The van der Waals surface area contributed by atoms with Gasteiger partial charge in [0.25, 0.3) is 0 Å². The van der Waals surface area contributed by atoms with Gasteiger partial charge in [-0.1, -0.05) is 63.8 Å². The highest BCUT2D eigenvalue weighted by atomic mass is 16.5. The number of carboxylic acids is 1. The first-order chi connectivity index (χ1) is 16.9. The number of ether oxygens (including phenoxy) is 2. The first-order valence-electron chi connectivity index (χ1n) is 14.2. The minimum atomic E-state index is -0.598. The van der Waals surface area contributed by atoms with Gasteiger partial charge in [-0.15, -0.1) is 0 Å². The summed E-state index contributed by atoms with van der Waals surface area (Å²) in [6.07, 6.45) is 8.55. The fourth-order valence-electron chi connectivity index (χ4n) is 7.55. The molecule has 1 saturated heterocycles. The number of hydrogen-bond acceptors (Lipinski definition) is 5. The van der Waals surface area contributed by atoms with Gasteiger partial charge in [-0.25, -0.2) is 0 Å². The summed E-state index contributed by atoms with van der Waals surface area (Å²) in [4.78, 5) is 33.7. The van der Waals surface area contributed by atoms with Gasteiger partial charge in [0.15, 0.2) is 0 Å². The molecule has 0 amide bonds. The molecule has 10 atom stereocenters. The Morgan fingerprint density at radius 3 is 1.90 bits per heavy atom. The molecule has 0 radical (unpaired) electrons. The van der Waals surface area contributed by atoms with E-state index in [2.05, 4.69) is 48.5 Å². The molecule has 5 rings (SSSR count). The molecule has 3 saturated carbocycles. The van der Waals surface area contributed by atoms with E-state index < -0.39 is 5.97 Å². The van der Waals surface area contributed by atoms with Crippen molar-refractivity contribution in [1.82, 2.24) is 0 Å². The molecule has 1 unspecified atom stereocenters. The second kappa shape index (κ2) is 15.8. The zero-order valence-electron chi connectivity index (χ0n) is 23.4. The van der Waals surface area contributed by atoms with E-state index in [1.807, 2.05) is 0 Å². The van der Waals surface area contributed by atoms with E-state index in [0.717, 1.165) is 25.7 Å². The van der Waals surface area contributed by atoms with Crippen molar-refractivity contribution in [3.63, 3.8) is 0 Å². The van der Waals surface area contributed by atoms with Crippen LogP contribution in [-0.4, -0.2) is 29.6 Å². The van der Waals surface area contributed by atoms with Crippen molar-refractivity contribution in [2.24, 2.45) is 65.1 Å². The van der Waals surface area contributed by atoms with E-state index in [-0.39, 0.29) is 52.0 Å². The quantitative estimate of drug-likeness (QED) is 0.347. The Kier molecular flexibility index (Phi) is 15.1. The van der Waals surface area contributed by atoms with Crippen molar-refractivity contribution in [2.75, 3.05) is 6.61 Å². The molecule has 3 aliphatic carbocycles. The summed E-state index contributed by atoms with van der Waals surface area (Å²) < 4.78 is 10.1. The van der Waals surface area contributed by atoms with Gasteiger partial charge in [0.1, 0.15) is 0 Å². The highest BCUT2D eigenvalue weighted by molar-refractivity contribution is 5.76. The molecule has 5 aliphatic rings. The third-order valence-corrected chi connectivity index (χ3v) is 9.89. The zero-order valence-corrected chi connectivity index (χ0v) is 23.4. The molecular weight excluding hydrogens is 492 g/mol. The van der Waals surface area contributed by atoms with Crippen molar-refractivity contribution in [3.05, 3.63) is 11.8 Å². The molecule has 0 aromatic carbocycles. The molecule has 0 spiro atoms. The molecule has 6 nitrogen and oxygen atoms in total. The number of rotatable bonds is 2. The maximum atomic E-state index is 11.4. The third kappa shape index (κ3) is 8.33. The van der Waals surface area contributed by atoms with Crippen molar-refractivity contribution >= 4 is 17.9 Å². The number of carboxylic acid groups (broad SMARTS) is 1. The second-order valence-electron chi connectivity index (χ2n) is 12.7. The van der Waals surface area contributed by atoms with E-state index >= 15 is 0 Å². The Hall–Kier alpha value is -1.85. The van der Waals surface area contributed by atoms with Gasteiger partial charge in [0.05, 0.1) is 30.6 Å². The summed E-state index contributed by atoms with van der Waals surface area (Å²) in [7, 11) is 0. The molecule has 1 N–H and O–H groups in total. The number of carbonyl (C=O) groups is 3. The van der Waals surface area contributed by atoms with Crippen molar-refractivity contribution in [1.29, 1.82) is 0 Å². The van der Waals surface area contributed by atoms with Crippen molar-refractivity contribution in [2.45, 2.75) is 109 Å². The predicted molar refractivity (Wildman–Crippen MR) is 159 cm³/mol. The van der Waals surface area contributed by atoms with Gasteiger partial charge in [-0.3, -0.25) is 14.4 Å². The monoisotopic (exact) mass is 552 g/mol. The van der Waals surface area contributed by atoms with E-state index in [4.69, 9.17) is 14.6 Å². The van der Waals surface area contributed by atoms with Gasteiger partial charge in [-0.2, -0.15) is 0 Å². The predicted octanol–water partition coefficient (Wildman–Crippen LogP) is 8.25. The van der Waals surface area contributed by atoms with Crippen LogP contribution in [0.5, 0.6) is 0 Å². The van der Waals surface area contributed by atoms with Crippen LogP contribution in [0.15, 0.2) is 11.8 Å². The van der Waals surface area contributed by atoms with Crippen LogP contribution < -0.4 is 0 Å². The molecule has 0 bridgehead atoms. The van der Waals surface area contributed by atoms with Gasteiger partial charge >= 0.3 is 17.9 Å². The van der Waals surface area contributed by atoms with Crippen LogP contribution in [0, 0.1) is 65.1 Å². The standard InChI is InChI=1S/C10H16O2.C10H14O2.C10H18O2.3CH4/c2*1-6-3-4-8-7(2)5-12-10(11)9(6)8;1-6(2)8-5-4-7(3)9(8)10(11)12;;;/h6-9H,3-5H2,1-2H3;5-6,8-9H,3-4H2,1-2H3;6-9H,4-5H2,1-3H3,(H,11,12);3*1H4/t6-,7-,8+,9-;6-,8+,9-;7-,8+,9?;;;/m000.../s1. The zero-order chi connectivity index (χ0) is 26.7. The molecule has 6 heteroatoms. The molecular formula is C33H60O6. The third-order valence-electron chi connectivity index (χ3n) is 9.89. The lowest BCUT2D eigenvalue weighted by Crippen LogP contribution is -2.37. The number of cyclic esters (lactones) is 2. The molecule has 39 heavy (non-hydrogen) atoms. The highest BCUT2D eigenvalue weighted by Gasteiger charge is 2.45. The van der Waals surface area contributed by atoms with E-state index in [0.29, 0.717) is 54.0 Å². The van der Waals surface area contributed by atoms with E-state index in [9.17, 15) is 14.4 Å². The molecule has 0 aromatic rings. The van der Waals surface area contributed by atoms with Crippen molar-refractivity contribution < 1.29 is 29.0 Å². The summed E-state index contributed by atoms with van der Waals surface area (Å²) in [6.45, 7) is 15.5. The van der Waals surface area contributed by atoms with Crippen LogP contribution in [0.3, 0.4) is 0 Å². The largest absolute Gasteiger partial charge is 0.481 e. The molecule has 2 heterocycles. The average Bonchev–Trinajstić information content (AvgIpc) is 3.52. The minimum absolute atomic E-state index is 0. The number of aliphatic carboxylic acids is 1. The minimum Gasteiger partial charge on any atom is -0.481 e. The van der Waals surface area contributed by atoms with Crippen LogP contribution in [0.1, 0.15) is 109 Å². The SMILES string of the molecule is C.C.C.CC(C)[C@H]1CC[C@H](C)C1C(=O)O.CC1=COC(=O)[C@@H]2[C@@H]1CC[C@@H]2C.C[C@H]1COC(=O)[C@@H]2[C@@H]1CC[C@@H]2C. The Morgan fingerprint density at radius 1 is 0.821 bits per heavy atom. The average molecular weight is 553 g/mol. The fourth-order valence-corrected chi connectivity index (χ4v) is 7.55. The fraction of sp³-hybridized carbons (Fsp3) is 0.848.